The smallest absolute Gasteiger partial charge is 0.316 e. The monoisotopic (exact) mass is 367 g/mol. The minimum atomic E-state index is 0.0119. The topological polar surface area (TPSA) is 82.5 Å². The Labute approximate surface area is 157 Å². The van der Waals surface area contributed by atoms with E-state index in [9.17, 15) is 0 Å². The maximum atomic E-state index is 5.92. The molecule has 0 amide bonds. The molecule has 0 saturated carbocycles. The number of fused-ring (bicyclic) bond motifs is 1. The lowest BCUT2D eigenvalue weighted by atomic mass is 10.2. The predicted octanol–water partition coefficient (Wildman–Crippen LogP) is 2.40. The first kappa shape index (κ1) is 17.3. The Morgan fingerprint density at radius 3 is 2.48 bits per heavy atom. The van der Waals surface area contributed by atoms with Gasteiger partial charge in [0.15, 0.2) is 11.5 Å². The van der Waals surface area contributed by atoms with Crippen molar-refractivity contribution in [3.63, 3.8) is 0 Å². The van der Waals surface area contributed by atoms with Gasteiger partial charge in [-0.2, -0.15) is 0 Å². The molecule has 1 unspecified atom stereocenters. The molecule has 8 heteroatoms. The highest BCUT2D eigenvalue weighted by Crippen LogP contribution is 2.35. The number of methoxy groups -OCH3 is 2. The van der Waals surface area contributed by atoms with Crippen molar-refractivity contribution in [3.05, 3.63) is 36.4 Å². The maximum Gasteiger partial charge on any atom is 0.316 e. The van der Waals surface area contributed by atoms with Gasteiger partial charge in [0.1, 0.15) is 18.2 Å². The second-order valence-electron chi connectivity index (χ2n) is 6.44. The summed E-state index contributed by atoms with van der Waals surface area (Å²) in [7, 11) is 3.23. The molecule has 140 valence electrons. The Kier molecular flexibility index (Phi) is 4.62. The standard InChI is InChI=1S/C19H21N5O3/c1-12-8-20-19(21-9-12)27-13-4-5-24(10-13)18-14-6-16(25-2)17(26-3)7-15(14)22-11-23-18/h6-9,11,13H,4-5,10H2,1-3H3. The molecule has 3 heterocycles. The molecular weight excluding hydrogens is 346 g/mol. The summed E-state index contributed by atoms with van der Waals surface area (Å²) in [5.74, 6) is 2.16. The number of nitrogens with zero attached hydrogens (tertiary/aromatic N) is 5. The molecule has 0 spiro atoms. The van der Waals surface area contributed by atoms with Crippen LogP contribution in [-0.2, 0) is 0 Å². The van der Waals surface area contributed by atoms with Crippen LogP contribution in [-0.4, -0.2) is 53.3 Å². The molecule has 27 heavy (non-hydrogen) atoms. The zero-order valence-corrected chi connectivity index (χ0v) is 15.5. The average molecular weight is 367 g/mol. The second kappa shape index (κ2) is 7.22. The molecule has 0 N–H and O–H groups in total. The first-order valence-electron chi connectivity index (χ1n) is 8.75. The zero-order valence-electron chi connectivity index (χ0n) is 15.5. The van der Waals surface area contributed by atoms with Crippen LogP contribution in [0.4, 0.5) is 5.82 Å². The highest BCUT2D eigenvalue weighted by atomic mass is 16.5. The molecule has 2 aromatic heterocycles. The normalized spacial score (nSPS) is 16.6. The SMILES string of the molecule is COc1cc2ncnc(N3CCC(Oc4ncc(C)cn4)C3)c2cc1OC. The van der Waals surface area contributed by atoms with Crippen LogP contribution in [0.5, 0.6) is 17.5 Å². The Bertz CT molecular complexity index is 948. The fraction of sp³-hybridized carbons (Fsp3) is 0.368. The summed E-state index contributed by atoms with van der Waals surface area (Å²) in [5, 5.41) is 0.919. The lowest BCUT2D eigenvalue weighted by Gasteiger charge is -2.19. The number of anilines is 1. The molecule has 0 bridgehead atoms. The van der Waals surface area contributed by atoms with Gasteiger partial charge in [-0.3, -0.25) is 0 Å². The largest absolute Gasteiger partial charge is 0.493 e. The van der Waals surface area contributed by atoms with E-state index < -0.39 is 0 Å². The highest BCUT2D eigenvalue weighted by Gasteiger charge is 2.27. The van der Waals surface area contributed by atoms with E-state index in [2.05, 4.69) is 24.8 Å². The van der Waals surface area contributed by atoms with Crippen molar-refractivity contribution in [1.82, 2.24) is 19.9 Å². The number of hydrogen-bond acceptors (Lipinski definition) is 8. The Morgan fingerprint density at radius 1 is 1.00 bits per heavy atom. The molecule has 1 saturated heterocycles. The summed E-state index contributed by atoms with van der Waals surface area (Å²) in [4.78, 5) is 19.5. The number of aryl methyl sites for hydroxylation is 1. The summed E-state index contributed by atoms with van der Waals surface area (Å²) in [6.45, 7) is 3.49. The van der Waals surface area contributed by atoms with E-state index in [0.29, 0.717) is 24.1 Å². The van der Waals surface area contributed by atoms with Gasteiger partial charge in [-0.15, -0.1) is 0 Å². The number of hydrogen-bond donors (Lipinski definition) is 0. The van der Waals surface area contributed by atoms with Gasteiger partial charge in [-0.1, -0.05) is 0 Å². The van der Waals surface area contributed by atoms with E-state index >= 15 is 0 Å². The van der Waals surface area contributed by atoms with Crippen molar-refractivity contribution in [1.29, 1.82) is 0 Å². The van der Waals surface area contributed by atoms with Gasteiger partial charge in [-0.05, 0) is 18.6 Å². The van der Waals surface area contributed by atoms with Gasteiger partial charge in [0.2, 0.25) is 0 Å². The molecule has 3 aromatic rings. The lowest BCUT2D eigenvalue weighted by molar-refractivity contribution is 0.206. The third-order valence-corrected chi connectivity index (χ3v) is 4.59. The van der Waals surface area contributed by atoms with Gasteiger partial charge >= 0.3 is 6.01 Å². The summed E-state index contributed by atoms with van der Waals surface area (Å²) < 4.78 is 16.7. The average Bonchev–Trinajstić information content (AvgIpc) is 3.16. The fourth-order valence-corrected chi connectivity index (χ4v) is 3.23. The molecule has 1 aliphatic heterocycles. The molecular formula is C19H21N5O3. The molecule has 4 rings (SSSR count). The quantitative estimate of drug-likeness (QED) is 0.680. The molecule has 1 atom stereocenters. The zero-order chi connectivity index (χ0) is 18.8. The molecule has 8 nitrogen and oxygen atoms in total. The number of ether oxygens (including phenoxy) is 3. The van der Waals surface area contributed by atoms with E-state index in [1.54, 1.807) is 32.9 Å². The van der Waals surface area contributed by atoms with Crippen LogP contribution in [0.3, 0.4) is 0 Å². The summed E-state index contributed by atoms with van der Waals surface area (Å²) >= 11 is 0. The van der Waals surface area contributed by atoms with Gasteiger partial charge < -0.3 is 19.1 Å². The Balaban J connectivity index is 1.58. The molecule has 1 aromatic carbocycles. The van der Waals surface area contributed by atoms with Crippen molar-refractivity contribution in [2.24, 2.45) is 0 Å². The van der Waals surface area contributed by atoms with E-state index in [1.807, 2.05) is 19.1 Å². The lowest BCUT2D eigenvalue weighted by Crippen LogP contribution is -2.26. The second-order valence-corrected chi connectivity index (χ2v) is 6.44. The van der Waals surface area contributed by atoms with Gasteiger partial charge in [-0.25, -0.2) is 19.9 Å². The van der Waals surface area contributed by atoms with E-state index in [1.165, 1.54) is 0 Å². The first-order chi connectivity index (χ1) is 13.2. The van der Waals surface area contributed by atoms with E-state index in [-0.39, 0.29) is 6.10 Å². The third kappa shape index (κ3) is 3.42. The number of benzene rings is 1. The maximum absolute atomic E-state index is 5.92. The minimum absolute atomic E-state index is 0.0119. The summed E-state index contributed by atoms with van der Waals surface area (Å²) in [6.07, 6.45) is 5.97. The molecule has 1 fully saturated rings. The Hall–Kier alpha value is -3.16. The molecule has 0 aliphatic carbocycles. The van der Waals surface area contributed by atoms with E-state index in [0.717, 1.165) is 35.2 Å². The third-order valence-electron chi connectivity index (χ3n) is 4.59. The highest BCUT2D eigenvalue weighted by molar-refractivity contribution is 5.92. The van der Waals surface area contributed by atoms with Gasteiger partial charge in [0, 0.05) is 36.8 Å². The Morgan fingerprint density at radius 2 is 1.74 bits per heavy atom. The van der Waals surface area contributed by atoms with Crippen LogP contribution in [0, 0.1) is 6.92 Å². The molecule has 0 radical (unpaired) electrons. The van der Waals surface area contributed by atoms with Crippen molar-refractivity contribution >= 4 is 16.7 Å². The predicted molar refractivity (Wildman–Crippen MR) is 101 cm³/mol. The summed E-state index contributed by atoms with van der Waals surface area (Å²) in [5.41, 5.74) is 1.82. The van der Waals surface area contributed by atoms with Crippen LogP contribution in [0.15, 0.2) is 30.9 Å². The van der Waals surface area contributed by atoms with Crippen LogP contribution in [0.1, 0.15) is 12.0 Å². The van der Waals surface area contributed by atoms with Crippen molar-refractivity contribution in [2.45, 2.75) is 19.4 Å². The molecule has 1 aliphatic rings. The van der Waals surface area contributed by atoms with Crippen LogP contribution >= 0.6 is 0 Å². The number of rotatable bonds is 5. The summed E-state index contributed by atoms with van der Waals surface area (Å²) in [6, 6.07) is 4.19. The van der Waals surface area contributed by atoms with Crippen molar-refractivity contribution in [2.75, 3.05) is 32.2 Å². The van der Waals surface area contributed by atoms with Gasteiger partial charge in [0.25, 0.3) is 0 Å². The minimum Gasteiger partial charge on any atom is -0.493 e. The number of aromatic nitrogens is 4. The van der Waals surface area contributed by atoms with Crippen LogP contribution in [0.25, 0.3) is 10.9 Å². The van der Waals surface area contributed by atoms with Crippen LogP contribution in [0.2, 0.25) is 0 Å². The van der Waals surface area contributed by atoms with Crippen LogP contribution < -0.4 is 19.1 Å². The van der Waals surface area contributed by atoms with Gasteiger partial charge in [0.05, 0.1) is 26.3 Å². The van der Waals surface area contributed by atoms with Crippen molar-refractivity contribution in [3.8, 4) is 17.5 Å². The fourth-order valence-electron chi connectivity index (χ4n) is 3.23. The van der Waals surface area contributed by atoms with Crippen molar-refractivity contribution < 1.29 is 14.2 Å². The van der Waals surface area contributed by atoms with E-state index in [4.69, 9.17) is 14.2 Å². The first-order valence-corrected chi connectivity index (χ1v) is 8.75.